The first-order chi connectivity index (χ1) is 15.1. The number of aromatic nitrogens is 3. The van der Waals surface area contributed by atoms with Gasteiger partial charge in [-0.1, -0.05) is 24.2 Å². The molecule has 0 bridgehead atoms. The summed E-state index contributed by atoms with van der Waals surface area (Å²) >= 11 is 6.04. The second kappa shape index (κ2) is 8.06. The predicted octanol–water partition coefficient (Wildman–Crippen LogP) is 5.30. The van der Waals surface area contributed by atoms with Crippen molar-refractivity contribution in [1.82, 2.24) is 14.6 Å². The van der Waals surface area contributed by atoms with Gasteiger partial charge >= 0.3 is 0 Å². The SMILES string of the molecule is C=C1C(=NC(C)C)C(=C(C)N)C(c2ccc(Cl)cc2F)N1c1cc(C)c2nnc(C)n2c1. The van der Waals surface area contributed by atoms with Crippen LogP contribution in [0.4, 0.5) is 10.1 Å². The van der Waals surface area contributed by atoms with Gasteiger partial charge in [-0.3, -0.25) is 9.39 Å². The van der Waals surface area contributed by atoms with Crippen LogP contribution in [-0.2, 0) is 0 Å². The second-order valence-electron chi connectivity index (χ2n) is 8.38. The molecule has 2 aromatic heterocycles. The highest BCUT2D eigenvalue weighted by Crippen LogP contribution is 2.46. The van der Waals surface area contributed by atoms with Crippen LogP contribution < -0.4 is 10.6 Å². The predicted molar refractivity (Wildman–Crippen MR) is 128 cm³/mol. The Labute approximate surface area is 191 Å². The lowest BCUT2D eigenvalue weighted by Crippen LogP contribution is -2.24. The molecule has 1 aliphatic heterocycles. The van der Waals surface area contributed by atoms with E-state index < -0.39 is 11.9 Å². The summed E-state index contributed by atoms with van der Waals surface area (Å²) in [5.74, 6) is 0.342. The third-order valence-electron chi connectivity index (χ3n) is 5.54. The smallest absolute Gasteiger partial charge is 0.163 e. The zero-order chi connectivity index (χ0) is 23.3. The van der Waals surface area contributed by atoms with E-state index in [-0.39, 0.29) is 6.04 Å². The molecule has 1 atom stereocenters. The number of aryl methyl sites for hydroxylation is 2. The largest absolute Gasteiger partial charge is 0.402 e. The Morgan fingerprint density at radius 2 is 1.97 bits per heavy atom. The lowest BCUT2D eigenvalue weighted by Gasteiger charge is -2.28. The molecular weight excluding hydrogens is 427 g/mol. The molecule has 6 nitrogen and oxygen atoms in total. The first-order valence-corrected chi connectivity index (χ1v) is 10.8. The molecule has 1 unspecified atom stereocenters. The molecule has 0 spiro atoms. The van der Waals surface area contributed by atoms with Crippen molar-refractivity contribution in [2.45, 2.75) is 46.7 Å². The molecule has 0 amide bonds. The van der Waals surface area contributed by atoms with Crippen LogP contribution in [0.1, 0.15) is 43.8 Å². The second-order valence-corrected chi connectivity index (χ2v) is 8.81. The molecule has 32 heavy (non-hydrogen) atoms. The fourth-order valence-corrected chi connectivity index (χ4v) is 4.35. The number of halogens is 2. The minimum Gasteiger partial charge on any atom is -0.402 e. The summed E-state index contributed by atoms with van der Waals surface area (Å²) in [5, 5.41) is 8.77. The quantitative estimate of drug-likeness (QED) is 0.585. The third-order valence-corrected chi connectivity index (χ3v) is 5.78. The van der Waals surface area contributed by atoms with Crippen LogP contribution in [0, 0.1) is 19.7 Å². The van der Waals surface area contributed by atoms with E-state index in [2.05, 4.69) is 16.8 Å². The Morgan fingerprint density at radius 3 is 2.59 bits per heavy atom. The number of benzene rings is 1. The molecule has 4 rings (SSSR count). The minimum atomic E-state index is -0.545. The first kappa shape index (κ1) is 22.0. The summed E-state index contributed by atoms with van der Waals surface area (Å²) in [6, 6.07) is 6.15. The summed E-state index contributed by atoms with van der Waals surface area (Å²) in [6.45, 7) is 14.0. The number of allylic oxidation sites excluding steroid dienone is 2. The molecule has 8 heteroatoms. The molecule has 2 N–H and O–H groups in total. The number of nitrogens with zero attached hydrogens (tertiary/aromatic N) is 5. The Hall–Kier alpha value is -3.19. The van der Waals surface area contributed by atoms with Crippen LogP contribution in [0.2, 0.25) is 5.02 Å². The molecule has 0 aliphatic carbocycles. The number of hydrogen-bond donors (Lipinski definition) is 1. The topological polar surface area (TPSA) is 71.8 Å². The maximum absolute atomic E-state index is 15.2. The monoisotopic (exact) mass is 452 g/mol. The fraction of sp³-hybridized carbons (Fsp3) is 0.292. The van der Waals surface area contributed by atoms with Gasteiger partial charge < -0.3 is 10.6 Å². The molecule has 1 aliphatic rings. The number of hydrogen-bond acceptors (Lipinski definition) is 5. The third kappa shape index (κ3) is 3.56. The van der Waals surface area contributed by atoms with E-state index in [1.165, 1.54) is 6.07 Å². The molecule has 0 saturated carbocycles. The molecule has 3 aromatic rings. The van der Waals surface area contributed by atoms with E-state index >= 15 is 4.39 Å². The van der Waals surface area contributed by atoms with Crippen molar-refractivity contribution < 1.29 is 4.39 Å². The molecule has 1 aromatic carbocycles. The number of pyridine rings is 1. The van der Waals surface area contributed by atoms with Gasteiger partial charge in [-0.25, -0.2) is 4.39 Å². The summed E-state index contributed by atoms with van der Waals surface area (Å²) < 4.78 is 17.1. The van der Waals surface area contributed by atoms with Crippen LogP contribution >= 0.6 is 11.6 Å². The van der Waals surface area contributed by atoms with Crippen molar-refractivity contribution in [2.24, 2.45) is 10.7 Å². The van der Waals surface area contributed by atoms with E-state index in [9.17, 15) is 0 Å². The van der Waals surface area contributed by atoms with Crippen LogP contribution in [0.5, 0.6) is 0 Å². The normalized spacial score (nSPS) is 19.6. The first-order valence-electron chi connectivity index (χ1n) is 10.4. The fourth-order valence-electron chi connectivity index (χ4n) is 4.19. The summed E-state index contributed by atoms with van der Waals surface area (Å²) in [4.78, 5) is 6.79. The molecular formula is C24H26ClFN6. The van der Waals surface area contributed by atoms with E-state index in [1.807, 2.05) is 49.3 Å². The molecule has 1 saturated heterocycles. The van der Waals surface area contributed by atoms with E-state index in [0.29, 0.717) is 27.7 Å². The number of fused-ring (bicyclic) bond motifs is 1. The van der Waals surface area contributed by atoms with Crippen molar-refractivity contribution in [3.8, 4) is 0 Å². The van der Waals surface area contributed by atoms with Gasteiger partial charge in [0.1, 0.15) is 11.6 Å². The maximum atomic E-state index is 15.2. The standard InChI is InChI=1S/C24H26ClFN6/c1-12(2)28-22-15(5)32(18-9-13(3)24-30-29-16(6)31(24)11-18)23(21(22)14(4)27)19-8-7-17(25)10-20(19)26/h7-12,23H,5,27H2,1-4,6H3. The molecule has 1 fully saturated rings. The zero-order valence-electron chi connectivity index (χ0n) is 18.8. The lowest BCUT2D eigenvalue weighted by molar-refractivity contribution is 0.598. The number of anilines is 1. The van der Waals surface area contributed by atoms with Crippen molar-refractivity contribution >= 4 is 28.6 Å². The van der Waals surface area contributed by atoms with Crippen LogP contribution in [0.3, 0.4) is 0 Å². The van der Waals surface area contributed by atoms with Gasteiger partial charge in [0.05, 0.1) is 23.1 Å². The Bertz CT molecular complexity index is 1300. The lowest BCUT2D eigenvalue weighted by atomic mass is 9.96. The van der Waals surface area contributed by atoms with Gasteiger partial charge in [-0.05, 0) is 58.4 Å². The number of nitrogens with two attached hydrogens (primary N) is 1. The highest BCUT2D eigenvalue weighted by molar-refractivity contribution is 6.30. The molecule has 3 heterocycles. The molecule has 0 radical (unpaired) electrons. The average molecular weight is 453 g/mol. The van der Waals surface area contributed by atoms with Crippen LogP contribution in [0.25, 0.3) is 5.65 Å². The maximum Gasteiger partial charge on any atom is 0.163 e. The van der Waals surface area contributed by atoms with Gasteiger partial charge in [-0.15, -0.1) is 10.2 Å². The van der Waals surface area contributed by atoms with Gasteiger partial charge in [0.2, 0.25) is 0 Å². The van der Waals surface area contributed by atoms with Gasteiger partial charge in [0.15, 0.2) is 5.65 Å². The summed E-state index contributed by atoms with van der Waals surface area (Å²) in [6.07, 6.45) is 1.94. The zero-order valence-corrected chi connectivity index (χ0v) is 19.6. The van der Waals surface area contributed by atoms with Crippen LogP contribution in [0.15, 0.2) is 59.0 Å². The highest BCUT2D eigenvalue weighted by atomic mass is 35.5. The van der Waals surface area contributed by atoms with E-state index in [4.69, 9.17) is 22.3 Å². The van der Waals surface area contributed by atoms with Crippen molar-refractivity contribution in [2.75, 3.05) is 4.90 Å². The Balaban J connectivity index is 2.03. The van der Waals surface area contributed by atoms with Gasteiger partial charge in [-0.2, -0.15) is 0 Å². The Kier molecular flexibility index (Phi) is 5.54. The number of aliphatic imine (C=N–C) groups is 1. The molecule has 166 valence electrons. The Morgan fingerprint density at radius 1 is 1.25 bits per heavy atom. The number of rotatable bonds is 3. The average Bonchev–Trinajstić information content (AvgIpc) is 3.20. The summed E-state index contributed by atoms with van der Waals surface area (Å²) in [7, 11) is 0. The highest BCUT2D eigenvalue weighted by Gasteiger charge is 2.41. The minimum absolute atomic E-state index is 0.0103. The van der Waals surface area contributed by atoms with Crippen molar-refractivity contribution in [1.29, 1.82) is 0 Å². The van der Waals surface area contributed by atoms with Gasteiger partial charge in [0, 0.05) is 34.1 Å². The van der Waals surface area contributed by atoms with Gasteiger partial charge in [0.25, 0.3) is 0 Å². The van der Waals surface area contributed by atoms with E-state index in [1.54, 1.807) is 19.1 Å². The van der Waals surface area contributed by atoms with Crippen molar-refractivity contribution in [3.05, 3.63) is 81.8 Å². The van der Waals surface area contributed by atoms with E-state index in [0.717, 1.165) is 28.3 Å². The van der Waals surface area contributed by atoms with Crippen molar-refractivity contribution in [3.63, 3.8) is 0 Å². The summed E-state index contributed by atoms with van der Waals surface area (Å²) in [5.41, 5.74) is 12.0. The van der Waals surface area contributed by atoms with Crippen LogP contribution in [-0.4, -0.2) is 26.4 Å².